The number of nitrogens with zero attached hydrogens (tertiary/aromatic N) is 1. The number of benzene rings is 3. The molecule has 0 saturated carbocycles. The van der Waals surface area contributed by atoms with Crippen LogP contribution in [0, 0.1) is 17.5 Å². The van der Waals surface area contributed by atoms with Crippen molar-refractivity contribution in [1.82, 2.24) is 4.98 Å². The molecule has 0 radical (unpaired) electrons. The number of pyridine rings is 1. The third kappa shape index (κ3) is 3.30. The van der Waals surface area contributed by atoms with Gasteiger partial charge >= 0.3 is 0 Å². The van der Waals surface area contributed by atoms with E-state index in [0.29, 0.717) is 27.7 Å². The second-order valence-corrected chi connectivity index (χ2v) is 7.58. The highest BCUT2D eigenvalue weighted by Crippen LogP contribution is 2.37. The summed E-state index contributed by atoms with van der Waals surface area (Å²) in [5.41, 5.74) is 7.85. The monoisotopic (exact) mass is 398 g/mol. The first-order valence-electron chi connectivity index (χ1n) is 8.25. The average Bonchev–Trinajstić information content (AvgIpc) is 2.68. The van der Waals surface area contributed by atoms with Gasteiger partial charge in [0, 0.05) is 33.9 Å². The van der Waals surface area contributed by atoms with Gasteiger partial charge in [-0.15, -0.1) is 0 Å². The van der Waals surface area contributed by atoms with Crippen molar-refractivity contribution in [2.45, 2.75) is 9.79 Å². The van der Waals surface area contributed by atoms with Crippen LogP contribution in [0.4, 0.5) is 18.9 Å². The van der Waals surface area contributed by atoms with Crippen LogP contribution < -0.4 is 5.73 Å². The van der Waals surface area contributed by atoms with Gasteiger partial charge in [0.25, 0.3) is 0 Å². The first-order valence-corrected chi connectivity index (χ1v) is 9.40. The Kier molecular flexibility index (Phi) is 4.70. The molecule has 0 bridgehead atoms. The van der Waals surface area contributed by atoms with Crippen LogP contribution in [0.3, 0.4) is 0 Å². The van der Waals surface area contributed by atoms with E-state index in [0.717, 1.165) is 12.1 Å². The smallest absolute Gasteiger partial charge is 0.185 e. The van der Waals surface area contributed by atoms with Crippen LogP contribution in [-0.4, -0.2) is 9.54 Å². The van der Waals surface area contributed by atoms with Gasteiger partial charge in [0.15, 0.2) is 21.4 Å². The maximum Gasteiger partial charge on any atom is 0.185 e. The number of nitrogens with two attached hydrogens (primary N) is 1. The van der Waals surface area contributed by atoms with Crippen molar-refractivity contribution < 1.29 is 17.7 Å². The molecule has 0 aliphatic rings. The summed E-state index contributed by atoms with van der Waals surface area (Å²) in [7, 11) is 0. The third-order valence-electron chi connectivity index (χ3n) is 4.28. The molecule has 0 spiro atoms. The molecule has 0 amide bonds. The van der Waals surface area contributed by atoms with Gasteiger partial charge in [-0.3, -0.25) is 4.98 Å². The van der Waals surface area contributed by atoms with Crippen LogP contribution in [0.5, 0.6) is 0 Å². The first kappa shape index (κ1) is 18.3. The molecule has 28 heavy (non-hydrogen) atoms. The van der Waals surface area contributed by atoms with Crippen LogP contribution in [0.2, 0.25) is 0 Å². The molecule has 1 heterocycles. The molecule has 1 aromatic heterocycles. The lowest BCUT2D eigenvalue weighted by molar-refractivity contribution is 0.504. The minimum Gasteiger partial charge on any atom is -0.606 e. The number of hydrogen-bond acceptors (Lipinski definition) is 3. The molecule has 3 aromatic carbocycles. The summed E-state index contributed by atoms with van der Waals surface area (Å²) in [5.74, 6) is -2.58. The molecule has 0 aliphatic heterocycles. The van der Waals surface area contributed by atoms with Crippen molar-refractivity contribution >= 4 is 27.8 Å². The van der Waals surface area contributed by atoms with Gasteiger partial charge in [0.1, 0.15) is 5.82 Å². The van der Waals surface area contributed by atoms with Crippen LogP contribution in [0.25, 0.3) is 22.0 Å². The SMILES string of the molecule is Nc1ccc2c(-c3cccc(F)c3)c([S+]([O-])c3ccc(F)c(F)c3)cnc2c1. The highest BCUT2D eigenvalue weighted by molar-refractivity contribution is 7.91. The van der Waals surface area contributed by atoms with E-state index in [4.69, 9.17) is 5.73 Å². The molecule has 0 aliphatic carbocycles. The van der Waals surface area contributed by atoms with Crippen LogP contribution >= 0.6 is 0 Å². The van der Waals surface area contributed by atoms with E-state index in [1.54, 1.807) is 30.3 Å². The number of anilines is 1. The summed E-state index contributed by atoms with van der Waals surface area (Å²) in [5, 5.41) is 0.619. The lowest BCUT2D eigenvalue weighted by Gasteiger charge is -2.16. The number of halogens is 3. The molecule has 0 fully saturated rings. The average molecular weight is 398 g/mol. The normalized spacial score (nSPS) is 12.3. The van der Waals surface area contributed by atoms with Crippen LogP contribution in [0.1, 0.15) is 0 Å². The predicted molar refractivity (Wildman–Crippen MR) is 103 cm³/mol. The molecule has 4 rings (SSSR count). The van der Waals surface area contributed by atoms with Crippen LogP contribution in [0.15, 0.2) is 76.7 Å². The standard InChI is InChI=1S/C21H13F3N2OS/c22-13-3-1-2-12(8-13)21-16-6-4-14(25)9-19(16)26-11-20(21)28(27)15-5-7-17(23)18(24)10-15/h1-11H,25H2. The molecule has 7 heteroatoms. The highest BCUT2D eigenvalue weighted by atomic mass is 32.2. The third-order valence-corrected chi connectivity index (χ3v) is 5.67. The van der Waals surface area contributed by atoms with Crippen molar-refractivity contribution in [2.24, 2.45) is 0 Å². The Morgan fingerprint density at radius 2 is 1.71 bits per heavy atom. The molecular formula is C21H13F3N2OS. The zero-order valence-electron chi connectivity index (χ0n) is 14.3. The summed E-state index contributed by atoms with van der Waals surface area (Å²) >= 11 is -1.87. The van der Waals surface area contributed by atoms with E-state index in [9.17, 15) is 17.7 Å². The fraction of sp³-hybridized carbons (Fsp3) is 0. The highest BCUT2D eigenvalue weighted by Gasteiger charge is 2.24. The Hall–Kier alpha value is -3.03. The molecule has 0 saturated heterocycles. The van der Waals surface area contributed by atoms with E-state index >= 15 is 0 Å². The molecule has 2 N–H and O–H groups in total. The fourth-order valence-electron chi connectivity index (χ4n) is 2.99. The van der Waals surface area contributed by atoms with Gasteiger partial charge in [0.05, 0.1) is 11.7 Å². The van der Waals surface area contributed by atoms with Crippen LogP contribution in [-0.2, 0) is 11.2 Å². The Bertz CT molecular complexity index is 1200. The minimum atomic E-state index is -1.87. The molecule has 140 valence electrons. The maximum atomic E-state index is 13.9. The van der Waals surface area contributed by atoms with E-state index in [1.807, 2.05) is 0 Å². The lowest BCUT2D eigenvalue weighted by atomic mass is 10.0. The van der Waals surface area contributed by atoms with Gasteiger partial charge in [-0.1, -0.05) is 12.1 Å². The number of nitrogen functional groups attached to an aromatic ring is 1. The van der Waals surface area contributed by atoms with Gasteiger partial charge < -0.3 is 10.3 Å². The maximum absolute atomic E-state index is 13.9. The quantitative estimate of drug-likeness (QED) is 0.387. The molecule has 4 aromatic rings. The van der Waals surface area contributed by atoms with E-state index in [1.165, 1.54) is 24.4 Å². The number of fused-ring (bicyclic) bond motifs is 1. The number of aromatic nitrogens is 1. The summed E-state index contributed by atoms with van der Waals surface area (Å²) < 4.78 is 53.9. The van der Waals surface area contributed by atoms with Crippen molar-refractivity contribution in [3.05, 3.63) is 84.3 Å². The molecular weight excluding hydrogens is 385 g/mol. The number of hydrogen-bond donors (Lipinski definition) is 1. The molecule has 1 unspecified atom stereocenters. The van der Waals surface area contributed by atoms with Crippen molar-refractivity contribution in [2.75, 3.05) is 5.73 Å². The Labute approximate surface area is 161 Å². The van der Waals surface area contributed by atoms with Crippen molar-refractivity contribution in [3.8, 4) is 11.1 Å². The molecule has 3 nitrogen and oxygen atoms in total. The van der Waals surface area contributed by atoms with E-state index in [-0.39, 0.29) is 9.79 Å². The first-order chi connectivity index (χ1) is 13.4. The zero-order chi connectivity index (χ0) is 19.8. The van der Waals surface area contributed by atoms with E-state index < -0.39 is 28.6 Å². The second kappa shape index (κ2) is 7.18. The summed E-state index contributed by atoms with van der Waals surface area (Å²) in [6.45, 7) is 0. The predicted octanol–water partition coefficient (Wildman–Crippen LogP) is 5.07. The Morgan fingerprint density at radius 1 is 0.893 bits per heavy atom. The number of rotatable bonds is 3. The van der Waals surface area contributed by atoms with Gasteiger partial charge in [0.2, 0.25) is 0 Å². The minimum absolute atomic E-state index is 0.0770. The summed E-state index contributed by atoms with van der Waals surface area (Å²) in [6, 6.07) is 13.9. The molecule has 1 atom stereocenters. The lowest BCUT2D eigenvalue weighted by Crippen LogP contribution is -2.07. The Morgan fingerprint density at radius 3 is 2.46 bits per heavy atom. The second-order valence-electron chi connectivity index (χ2n) is 6.13. The van der Waals surface area contributed by atoms with Gasteiger partial charge in [-0.05, 0) is 48.0 Å². The Balaban J connectivity index is 1.98. The largest absolute Gasteiger partial charge is 0.606 e. The van der Waals surface area contributed by atoms with Gasteiger partial charge in [-0.2, -0.15) is 0 Å². The van der Waals surface area contributed by atoms with Crippen molar-refractivity contribution in [3.63, 3.8) is 0 Å². The van der Waals surface area contributed by atoms with E-state index in [2.05, 4.69) is 4.98 Å². The topological polar surface area (TPSA) is 62.0 Å². The fourth-order valence-corrected chi connectivity index (χ4v) is 4.21. The van der Waals surface area contributed by atoms with Gasteiger partial charge in [-0.25, -0.2) is 13.2 Å². The summed E-state index contributed by atoms with van der Waals surface area (Å²) in [6.07, 6.45) is 1.39. The van der Waals surface area contributed by atoms with Crippen molar-refractivity contribution in [1.29, 1.82) is 0 Å². The summed E-state index contributed by atoms with van der Waals surface area (Å²) in [4.78, 5) is 4.64. The zero-order valence-corrected chi connectivity index (χ0v) is 15.1.